The lowest BCUT2D eigenvalue weighted by Gasteiger charge is -2.29. The highest BCUT2D eigenvalue weighted by molar-refractivity contribution is 9.10. The van der Waals surface area contributed by atoms with Crippen molar-refractivity contribution >= 4 is 21.9 Å². The van der Waals surface area contributed by atoms with Gasteiger partial charge in [0.1, 0.15) is 11.4 Å². The van der Waals surface area contributed by atoms with Crippen LogP contribution in [0.5, 0.6) is 0 Å². The molecule has 1 atom stereocenters. The zero-order valence-electron chi connectivity index (χ0n) is 11.8. The lowest BCUT2D eigenvalue weighted by Crippen LogP contribution is -2.49. The van der Waals surface area contributed by atoms with E-state index in [0.717, 1.165) is 0 Å². The van der Waals surface area contributed by atoms with E-state index in [1.165, 1.54) is 19.1 Å². The molecule has 1 aromatic rings. The molecule has 0 aliphatic rings. The van der Waals surface area contributed by atoms with Crippen LogP contribution in [0.15, 0.2) is 27.8 Å². The number of carbonyl (C=O) groups is 1. The van der Waals surface area contributed by atoms with E-state index in [1.807, 2.05) is 0 Å². The summed E-state index contributed by atoms with van der Waals surface area (Å²) in [4.78, 5) is 14.8. The summed E-state index contributed by atoms with van der Waals surface area (Å²) in [6.07, 6.45) is 0. The zero-order valence-corrected chi connectivity index (χ0v) is 13.4. The van der Waals surface area contributed by atoms with Gasteiger partial charge in [-0.2, -0.15) is 0 Å². The van der Waals surface area contributed by atoms with Crippen LogP contribution in [0.25, 0.3) is 10.4 Å². The predicted octanol–water partition coefficient (Wildman–Crippen LogP) is 3.27. The monoisotopic (exact) mass is 358 g/mol. The number of rotatable bonds is 7. The minimum absolute atomic E-state index is 0.143. The van der Waals surface area contributed by atoms with Crippen molar-refractivity contribution in [3.63, 3.8) is 0 Å². The normalized spacial score (nSPS) is 13.1. The first-order valence-electron chi connectivity index (χ1n) is 6.34. The Kier molecular flexibility index (Phi) is 6.61. The number of halogens is 2. The Balaban J connectivity index is 3.10. The molecule has 1 aromatic carbocycles. The number of hydrogen-bond donors (Lipinski definition) is 1. The number of carbonyl (C=O) groups excluding carboxylic acids is 1. The Morgan fingerprint density at radius 3 is 2.90 bits per heavy atom. The fourth-order valence-electron chi connectivity index (χ4n) is 1.85. The summed E-state index contributed by atoms with van der Waals surface area (Å²) in [7, 11) is 0. The molecule has 0 spiro atoms. The molecule has 0 aliphatic carbocycles. The van der Waals surface area contributed by atoms with Gasteiger partial charge in [-0.1, -0.05) is 27.1 Å². The first kappa shape index (κ1) is 17.4. The topological polar surface area (TPSA) is 87.1 Å². The van der Waals surface area contributed by atoms with Gasteiger partial charge in [0.15, 0.2) is 0 Å². The summed E-state index contributed by atoms with van der Waals surface area (Å²) < 4.78 is 19.8. The van der Waals surface area contributed by atoms with E-state index >= 15 is 0 Å². The Bertz CT molecular complexity index is 563. The van der Waals surface area contributed by atoms with E-state index in [-0.39, 0.29) is 25.3 Å². The third-order valence-corrected chi connectivity index (χ3v) is 3.40. The highest BCUT2D eigenvalue weighted by atomic mass is 79.9. The quantitative estimate of drug-likeness (QED) is 0.266. The number of benzene rings is 1. The number of azide groups is 1. The molecule has 0 aliphatic heterocycles. The molecule has 0 saturated heterocycles. The summed E-state index contributed by atoms with van der Waals surface area (Å²) in [5, 5.41) is 6.27. The summed E-state index contributed by atoms with van der Waals surface area (Å²) in [5.74, 6) is -1.12. The molecule has 8 heteroatoms. The lowest BCUT2D eigenvalue weighted by atomic mass is 9.91. The highest BCUT2D eigenvalue weighted by Gasteiger charge is 2.38. The van der Waals surface area contributed by atoms with Crippen molar-refractivity contribution in [2.24, 2.45) is 5.11 Å². The van der Waals surface area contributed by atoms with E-state index in [0.29, 0.717) is 4.47 Å². The van der Waals surface area contributed by atoms with Gasteiger partial charge in [0.25, 0.3) is 0 Å². The zero-order chi connectivity index (χ0) is 15.9. The number of esters is 1. The van der Waals surface area contributed by atoms with Crippen molar-refractivity contribution in [2.45, 2.75) is 19.4 Å². The van der Waals surface area contributed by atoms with Crippen LogP contribution >= 0.6 is 15.9 Å². The molecule has 0 aromatic heterocycles. The van der Waals surface area contributed by atoms with Crippen LogP contribution < -0.4 is 5.32 Å². The SMILES string of the molecule is CCOC(=O)C(C)(NCCN=[N+]=[N-])c1ccc(Br)cc1F. The fraction of sp³-hybridized carbons (Fsp3) is 0.462. The second-order valence-electron chi connectivity index (χ2n) is 4.35. The molecule has 114 valence electrons. The molecule has 0 amide bonds. The Morgan fingerprint density at radius 1 is 1.62 bits per heavy atom. The van der Waals surface area contributed by atoms with Crippen LogP contribution in [0.4, 0.5) is 4.39 Å². The van der Waals surface area contributed by atoms with E-state index in [2.05, 4.69) is 31.3 Å². The first-order valence-corrected chi connectivity index (χ1v) is 7.13. The third kappa shape index (κ3) is 4.42. The van der Waals surface area contributed by atoms with Crippen molar-refractivity contribution in [1.29, 1.82) is 0 Å². The standard InChI is InChI=1S/C13H16BrFN4O2/c1-3-21-12(20)13(2,17-6-7-18-19-16)10-5-4-9(14)8-11(10)15/h4-5,8,17H,3,6-7H2,1-2H3. The molecular weight excluding hydrogens is 343 g/mol. The number of nitrogens with zero attached hydrogens (tertiary/aromatic N) is 3. The van der Waals surface area contributed by atoms with Gasteiger partial charge in [0, 0.05) is 28.0 Å². The van der Waals surface area contributed by atoms with Gasteiger partial charge in [-0.3, -0.25) is 5.32 Å². The lowest BCUT2D eigenvalue weighted by molar-refractivity contribution is -0.151. The minimum Gasteiger partial charge on any atom is -0.464 e. The molecule has 0 radical (unpaired) electrons. The average molecular weight is 359 g/mol. The molecule has 0 bridgehead atoms. The van der Waals surface area contributed by atoms with Crippen molar-refractivity contribution < 1.29 is 13.9 Å². The molecule has 1 N–H and O–H groups in total. The average Bonchev–Trinajstić information content (AvgIpc) is 2.43. The summed E-state index contributed by atoms with van der Waals surface area (Å²) in [6.45, 7) is 3.76. The van der Waals surface area contributed by atoms with Gasteiger partial charge in [-0.05, 0) is 31.5 Å². The molecule has 0 heterocycles. The molecule has 6 nitrogen and oxygen atoms in total. The number of hydrogen-bond acceptors (Lipinski definition) is 4. The van der Waals surface area contributed by atoms with Crippen LogP contribution in [0, 0.1) is 5.82 Å². The van der Waals surface area contributed by atoms with E-state index in [9.17, 15) is 9.18 Å². The number of nitrogens with one attached hydrogen (secondary N) is 1. The van der Waals surface area contributed by atoms with Crippen LogP contribution in [0.3, 0.4) is 0 Å². The van der Waals surface area contributed by atoms with E-state index in [4.69, 9.17) is 10.3 Å². The van der Waals surface area contributed by atoms with Crippen molar-refractivity contribution in [2.75, 3.05) is 19.7 Å². The van der Waals surface area contributed by atoms with Crippen molar-refractivity contribution in [3.8, 4) is 0 Å². The molecule has 1 unspecified atom stereocenters. The molecular formula is C13H16BrFN4O2. The van der Waals surface area contributed by atoms with Gasteiger partial charge >= 0.3 is 5.97 Å². The van der Waals surface area contributed by atoms with Crippen LogP contribution in [0.2, 0.25) is 0 Å². The summed E-state index contributed by atoms with van der Waals surface area (Å²) in [5.41, 5.74) is 7.07. The smallest absolute Gasteiger partial charge is 0.330 e. The largest absolute Gasteiger partial charge is 0.464 e. The first-order chi connectivity index (χ1) is 9.95. The summed E-state index contributed by atoms with van der Waals surface area (Å²) in [6, 6.07) is 4.43. The van der Waals surface area contributed by atoms with E-state index < -0.39 is 17.3 Å². The Labute approximate surface area is 130 Å². The number of ether oxygens (including phenoxy) is 1. The van der Waals surface area contributed by atoms with Crippen LogP contribution in [-0.4, -0.2) is 25.7 Å². The minimum atomic E-state index is -1.36. The Morgan fingerprint density at radius 2 is 2.33 bits per heavy atom. The van der Waals surface area contributed by atoms with Crippen molar-refractivity contribution in [1.82, 2.24) is 5.32 Å². The van der Waals surface area contributed by atoms with Gasteiger partial charge < -0.3 is 4.74 Å². The van der Waals surface area contributed by atoms with Crippen LogP contribution in [0.1, 0.15) is 19.4 Å². The second-order valence-corrected chi connectivity index (χ2v) is 5.27. The highest BCUT2D eigenvalue weighted by Crippen LogP contribution is 2.27. The van der Waals surface area contributed by atoms with Gasteiger partial charge in [-0.25, -0.2) is 9.18 Å². The fourth-order valence-corrected chi connectivity index (χ4v) is 2.18. The second kappa shape index (κ2) is 7.97. The van der Waals surface area contributed by atoms with Gasteiger partial charge in [0.2, 0.25) is 0 Å². The predicted molar refractivity (Wildman–Crippen MR) is 80.1 cm³/mol. The van der Waals surface area contributed by atoms with Crippen molar-refractivity contribution in [3.05, 3.63) is 44.5 Å². The molecule has 1 rings (SSSR count). The molecule has 0 fully saturated rings. The maximum atomic E-state index is 14.2. The van der Waals surface area contributed by atoms with Crippen LogP contribution in [-0.2, 0) is 15.1 Å². The van der Waals surface area contributed by atoms with Gasteiger partial charge in [0.05, 0.1) is 6.61 Å². The Hall–Kier alpha value is -1.63. The molecule has 21 heavy (non-hydrogen) atoms. The van der Waals surface area contributed by atoms with E-state index in [1.54, 1.807) is 13.0 Å². The third-order valence-electron chi connectivity index (χ3n) is 2.91. The molecule has 0 saturated carbocycles. The van der Waals surface area contributed by atoms with Gasteiger partial charge in [-0.15, -0.1) is 0 Å². The maximum absolute atomic E-state index is 14.2. The summed E-state index contributed by atoms with van der Waals surface area (Å²) >= 11 is 3.17. The maximum Gasteiger partial charge on any atom is 0.330 e.